The number of rotatable bonds is 6. The smallest absolute Gasteiger partial charge is 0.305 e. The highest BCUT2D eigenvalue weighted by molar-refractivity contribution is 5.63. The van der Waals surface area contributed by atoms with Crippen LogP contribution in [0, 0.1) is 10.1 Å². The monoisotopic (exact) mass is 336 g/mol. The summed E-state index contributed by atoms with van der Waals surface area (Å²) in [5.41, 5.74) is 2.76. The lowest BCUT2D eigenvalue weighted by atomic mass is 10.0. The van der Waals surface area contributed by atoms with E-state index >= 15 is 0 Å². The molecule has 3 rings (SSSR count). The predicted octanol–water partition coefficient (Wildman–Crippen LogP) is 3.20. The Hall–Kier alpha value is -3.32. The van der Waals surface area contributed by atoms with Gasteiger partial charge in [-0.05, 0) is 16.7 Å². The summed E-state index contributed by atoms with van der Waals surface area (Å²) in [7, 11) is 0. The van der Waals surface area contributed by atoms with Gasteiger partial charge in [0.2, 0.25) is 5.95 Å². The molecular formula is C18H16N4O3. The summed E-state index contributed by atoms with van der Waals surface area (Å²) in [6.07, 6.45) is 1.50. The number of anilines is 1. The average molecular weight is 336 g/mol. The van der Waals surface area contributed by atoms with Crippen LogP contribution in [-0.4, -0.2) is 26.5 Å². The molecule has 2 aromatic carbocycles. The fourth-order valence-electron chi connectivity index (χ4n) is 2.34. The molecule has 1 heterocycles. The van der Waals surface area contributed by atoms with E-state index in [1.807, 2.05) is 54.6 Å². The fourth-order valence-corrected chi connectivity index (χ4v) is 2.34. The zero-order valence-electron chi connectivity index (χ0n) is 13.2. The molecule has 126 valence electrons. The first-order valence-electron chi connectivity index (χ1n) is 7.67. The number of nitrogens with zero attached hydrogens (tertiary/aromatic N) is 3. The summed E-state index contributed by atoms with van der Waals surface area (Å²) in [6, 6.07) is 17.6. The van der Waals surface area contributed by atoms with E-state index in [0.29, 0.717) is 0 Å². The minimum absolute atomic E-state index is 0.178. The number of aliphatic hydroxyl groups excluding tert-OH is 1. The highest BCUT2D eigenvalue weighted by Crippen LogP contribution is 2.22. The number of hydrogen-bond donors (Lipinski definition) is 2. The van der Waals surface area contributed by atoms with Crippen LogP contribution in [0.2, 0.25) is 0 Å². The second-order valence-electron chi connectivity index (χ2n) is 5.41. The molecule has 1 aromatic heterocycles. The number of aromatic nitrogens is 2. The summed E-state index contributed by atoms with van der Waals surface area (Å²) in [4.78, 5) is 17.7. The maximum absolute atomic E-state index is 10.6. The van der Waals surface area contributed by atoms with Gasteiger partial charge in [-0.25, -0.2) is 9.97 Å². The normalized spacial score (nSPS) is 11.7. The predicted molar refractivity (Wildman–Crippen MR) is 94.0 cm³/mol. The van der Waals surface area contributed by atoms with Crippen molar-refractivity contribution in [3.05, 3.63) is 82.7 Å². The average Bonchev–Trinajstić information content (AvgIpc) is 2.67. The third kappa shape index (κ3) is 4.15. The van der Waals surface area contributed by atoms with E-state index in [1.165, 1.54) is 0 Å². The molecule has 7 nitrogen and oxygen atoms in total. The maximum atomic E-state index is 10.6. The molecule has 0 aliphatic rings. The lowest BCUT2D eigenvalue weighted by Crippen LogP contribution is -2.13. The van der Waals surface area contributed by atoms with Gasteiger partial charge in [-0.3, -0.25) is 10.1 Å². The van der Waals surface area contributed by atoms with Gasteiger partial charge in [-0.2, -0.15) is 0 Å². The summed E-state index contributed by atoms with van der Waals surface area (Å²) in [5, 5.41) is 23.7. The van der Waals surface area contributed by atoms with Gasteiger partial charge in [0.1, 0.15) is 12.4 Å². The van der Waals surface area contributed by atoms with E-state index in [9.17, 15) is 15.2 Å². The van der Waals surface area contributed by atoms with Crippen molar-refractivity contribution in [1.82, 2.24) is 9.97 Å². The van der Waals surface area contributed by atoms with Crippen molar-refractivity contribution in [3.8, 4) is 11.1 Å². The molecule has 2 N–H and O–H groups in total. The fraction of sp³-hybridized carbons (Fsp3) is 0.111. The molecule has 0 saturated carbocycles. The van der Waals surface area contributed by atoms with Crippen LogP contribution in [0.5, 0.6) is 0 Å². The Morgan fingerprint density at radius 1 is 1.00 bits per heavy atom. The molecule has 0 saturated heterocycles. The third-order valence-electron chi connectivity index (χ3n) is 3.71. The van der Waals surface area contributed by atoms with Crippen LogP contribution in [-0.2, 0) is 0 Å². The van der Waals surface area contributed by atoms with Crippen molar-refractivity contribution in [1.29, 1.82) is 0 Å². The second-order valence-corrected chi connectivity index (χ2v) is 5.41. The van der Waals surface area contributed by atoms with E-state index < -0.39 is 11.0 Å². The Balaban J connectivity index is 1.61. The maximum Gasteiger partial charge on any atom is 0.305 e. The van der Waals surface area contributed by atoms with Gasteiger partial charge in [0, 0.05) is 6.54 Å². The summed E-state index contributed by atoms with van der Waals surface area (Å²) < 4.78 is 0. The number of nitro groups is 1. The molecule has 0 aliphatic carbocycles. The van der Waals surface area contributed by atoms with E-state index in [0.717, 1.165) is 29.1 Å². The summed E-state index contributed by atoms with van der Waals surface area (Å²) in [6.45, 7) is 0.197. The van der Waals surface area contributed by atoms with Crippen LogP contribution in [0.3, 0.4) is 0 Å². The molecule has 0 radical (unpaired) electrons. The first-order valence-corrected chi connectivity index (χ1v) is 7.67. The number of benzene rings is 2. The van der Waals surface area contributed by atoms with Gasteiger partial charge >= 0.3 is 5.69 Å². The van der Waals surface area contributed by atoms with Crippen LogP contribution < -0.4 is 5.32 Å². The molecule has 0 fully saturated rings. The van der Waals surface area contributed by atoms with Crippen LogP contribution in [0.15, 0.2) is 67.0 Å². The lowest BCUT2D eigenvalue weighted by Gasteiger charge is -2.12. The largest absolute Gasteiger partial charge is 0.387 e. The SMILES string of the molecule is O=[N+]([O-])c1cnc(NCC(O)c2ccc(-c3ccccc3)cc2)nc1. The van der Waals surface area contributed by atoms with Crippen molar-refractivity contribution in [2.24, 2.45) is 0 Å². The van der Waals surface area contributed by atoms with Gasteiger partial charge in [-0.15, -0.1) is 0 Å². The first kappa shape index (κ1) is 16.5. The Morgan fingerprint density at radius 2 is 1.60 bits per heavy atom. The Kier molecular flexibility index (Phi) is 4.96. The number of hydrogen-bond acceptors (Lipinski definition) is 6. The highest BCUT2D eigenvalue weighted by Gasteiger charge is 2.10. The molecule has 7 heteroatoms. The minimum Gasteiger partial charge on any atom is -0.387 e. The Bertz CT molecular complexity index is 836. The highest BCUT2D eigenvalue weighted by atomic mass is 16.6. The first-order chi connectivity index (χ1) is 12.1. The second kappa shape index (κ2) is 7.50. The van der Waals surface area contributed by atoms with Crippen molar-refractivity contribution in [3.63, 3.8) is 0 Å². The van der Waals surface area contributed by atoms with Crippen molar-refractivity contribution in [2.45, 2.75) is 6.10 Å². The van der Waals surface area contributed by atoms with Gasteiger partial charge in [0.05, 0.1) is 11.0 Å². The van der Waals surface area contributed by atoms with Crippen molar-refractivity contribution in [2.75, 3.05) is 11.9 Å². The van der Waals surface area contributed by atoms with E-state index in [4.69, 9.17) is 0 Å². The van der Waals surface area contributed by atoms with Gasteiger partial charge in [0.25, 0.3) is 0 Å². The zero-order valence-corrected chi connectivity index (χ0v) is 13.2. The van der Waals surface area contributed by atoms with E-state index in [2.05, 4.69) is 15.3 Å². The van der Waals surface area contributed by atoms with Crippen LogP contribution in [0.4, 0.5) is 11.6 Å². The quantitative estimate of drug-likeness (QED) is 0.529. The Morgan fingerprint density at radius 3 is 2.20 bits per heavy atom. The molecule has 3 aromatic rings. The molecular weight excluding hydrogens is 320 g/mol. The van der Waals surface area contributed by atoms with Gasteiger partial charge in [-0.1, -0.05) is 54.6 Å². The molecule has 1 atom stereocenters. The minimum atomic E-state index is -0.747. The van der Waals surface area contributed by atoms with Crippen LogP contribution in [0.1, 0.15) is 11.7 Å². The summed E-state index contributed by atoms with van der Waals surface area (Å²) in [5.74, 6) is 0.227. The third-order valence-corrected chi connectivity index (χ3v) is 3.71. The van der Waals surface area contributed by atoms with Crippen LogP contribution in [0.25, 0.3) is 11.1 Å². The van der Waals surface area contributed by atoms with Gasteiger partial charge < -0.3 is 10.4 Å². The van der Waals surface area contributed by atoms with Crippen molar-refractivity contribution < 1.29 is 10.0 Å². The number of nitrogens with one attached hydrogen (secondary N) is 1. The molecule has 0 bridgehead atoms. The molecule has 0 aliphatic heterocycles. The summed E-state index contributed by atoms with van der Waals surface area (Å²) >= 11 is 0. The number of aliphatic hydroxyl groups is 1. The van der Waals surface area contributed by atoms with Crippen molar-refractivity contribution >= 4 is 11.6 Å². The molecule has 25 heavy (non-hydrogen) atoms. The molecule has 1 unspecified atom stereocenters. The zero-order chi connectivity index (χ0) is 17.6. The lowest BCUT2D eigenvalue weighted by molar-refractivity contribution is -0.385. The Labute approximate surface area is 144 Å². The van der Waals surface area contributed by atoms with Gasteiger partial charge in [0.15, 0.2) is 0 Å². The van der Waals surface area contributed by atoms with E-state index in [-0.39, 0.29) is 18.2 Å². The molecule has 0 amide bonds. The van der Waals surface area contributed by atoms with Crippen LogP contribution >= 0.6 is 0 Å². The van der Waals surface area contributed by atoms with E-state index in [1.54, 1.807) is 0 Å². The molecule has 0 spiro atoms. The topological polar surface area (TPSA) is 101 Å². The standard InChI is InChI=1S/C18H16N4O3/c23-17(12-21-18-19-10-16(11-20-18)22(24)25)15-8-6-14(7-9-15)13-4-2-1-3-5-13/h1-11,17,23H,12H2,(H,19,20,21).